The van der Waals surface area contributed by atoms with Gasteiger partial charge in [-0.05, 0) is 19.4 Å². The van der Waals surface area contributed by atoms with E-state index in [1.807, 2.05) is 35.9 Å². The van der Waals surface area contributed by atoms with Crippen molar-refractivity contribution < 1.29 is 9.53 Å². The summed E-state index contributed by atoms with van der Waals surface area (Å²) in [5, 5.41) is 3.77. The number of amides is 1. The number of nitrogen functional groups attached to an aromatic ring is 1. The molecule has 1 amide bonds. The Labute approximate surface area is 151 Å². The van der Waals surface area contributed by atoms with Gasteiger partial charge in [-0.15, -0.1) is 0 Å². The van der Waals surface area contributed by atoms with Gasteiger partial charge in [0.05, 0.1) is 5.52 Å². The van der Waals surface area contributed by atoms with Gasteiger partial charge in [-0.3, -0.25) is 4.79 Å². The number of fused-ring (bicyclic) bond motifs is 3. The first kappa shape index (κ1) is 17.9. The van der Waals surface area contributed by atoms with E-state index in [4.69, 9.17) is 10.5 Å². The molecule has 26 heavy (non-hydrogen) atoms. The second-order valence-electron chi connectivity index (χ2n) is 5.96. The topological polar surface area (TPSA) is 107 Å². The molecule has 0 fully saturated rings. The SMILES string of the molecule is CCOCc1nc2c(N)nc3ccccc3c2n1NCCCNC(C)=O. The Morgan fingerprint density at radius 2 is 2.08 bits per heavy atom. The van der Waals surface area contributed by atoms with Crippen LogP contribution in [0.1, 0.15) is 26.1 Å². The van der Waals surface area contributed by atoms with E-state index in [2.05, 4.69) is 20.7 Å². The van der Waals surface area contributed by atoms with Gasteiger partial charge in [0.1, 0.15) is 17.6 Å². The summed E-state index contributed by atoms with van der Waals surface area (Å²) in [5.74, 6) is 1.11. The van der Waals surface area contributed by atoms with Crippen molar-refractivity contribution in [3.8, 4) is 0 Å². The van der Waals surface area contributed by atoms with Gasteiger partial charge in [0.2, 0.25) is 5.91 Å². The molecule has 0 aliphatic rings. The fourth-order valence-corrected chi connectivity index (χ4v) is 2.85. The molecule has 3 aromatic rings. The van der Waals surface area contributed by atoms with E-state index in [1.54, 1.807) is 0 Å². The zero-order chi connectivity index (χ0) is 18.5. The number of nitrogens with zero attached hydrogens (tertiary/aromatic N) is 3. The molecule has 0 atom stereocenters. The molecule has 0 bridgehead atoms. The maximum atomic E-state index is 11.0. The zero-order valence-corrected chi connectivity index (χ0v) is 15.1. The molecule has 0 unspecified atom stereocenters. The van der Waals surface area contributed by atoms with Crippen molar-refractivity contribution in [2.75, 3.05) is 30.9 Å². The van der Waals surface area contributed by atoms with Crippen LogP contribution in [0.4, 0.5) is 5.82 Å². The standard InChI is InChI=1S/C18H24N6O2/c1-3-26-11-15-23-16-17(24(15)21-10-6-9-20-12(2)25)13-7-4-5-8-14(13)22-18(16)19/h4-5,7-8,21H,3,6,9-11H2,1-2H3,(H2,19,22)(H,20,25). The lowest BCUT2D eigenvalue weighted by molar-refractivity contribution is -0.118. The number of nitrogens with one attached hydrogen (secondary N) is 2. The van der Waals surface area contributed by atoms with Gasteiger partial charge < -0.3 is 21.2 Å². The van der Waals surface area contributed by atoms with E-state index in [1.165, 1.54) is 6.92 Å². The number of carbonyl (C=O) groups excluding carboxylic acids is 1. The molecule has 1 aromatic carbocycles. The van der Waals surface area contributed by atoms with Gasteiger partial charge in [0.15, 0.2) is 11.6 Å². The van der Waals surface area contributed by atoms with Crippen molar-refractivity contribution in [3.63, 3.8) is 0 Å². The van der Waals surface area contributed by atoms with E-state index < -0.39 is 0 Å². The molecule has 8 nitrogen and oxygen atoms in total. The van der Waals surface area contributed by atoms with E-state index in [-0.39, 0.29) is 5.91 Å². The molecule has 8 heteroatoms. The van der Waals surface area contributed by atoms with Gasteiger partial charge >= 0.3 is 0 Å². The minimum Gasteiger partial charge on any atom is -0.382 e. The number of hydrogen-bond donors (Lipinski definition) is 3. The van der Waals surface area contributed by atoms with Crippen molar-refractivity contribution in [3.05, 3.63) is 30.1 Å². The van der Waals surface area contributed by atoms with Gasteiger partial charge in [0.25, 0.3) is 0 Å². The zero-order valence-electron chi connectivity index (χ0n) is 15.1. The van der Waals surface area contributed by atoms with Gasteiger partial charge in [-0.25, -0.2) is 14.6 Å². The number of benzene rings is 1. The number of imidazole rings is 1. The van der Waals surface area contributed by atoms with E-state index in [0.29, 0.717) is 37.6 Å². The van der Waals surface area contributed by atoms with Crippen molar-refractivity contribution in [1.82, 2.24) is 20.0 Å². The molecular formula is C18H24N6O2. The summed E-state index contributed by atoms with van der Waals surface area (Å²) >= 11 is 0. The van der Waals surface area contributed by atoms with Crippen LogP contribution in [0.3, 0.4) is 0 Å². The number of hydrogen-bond acceptors (Lipinski definition) is 6. The Balaban J connectivity index is 1.97. The normalized spacial score (nSPS) is 11.2. The predicted octanol–water partition coefficient (Wildman–Crippen LogP) is 1.77. The minimum absolute atomic E-state index is 0.0278. The summed E-state index contributed by atoms with van der Waals surface area (Å²) in [5.41, 5.74) is 11.9. The quantitative estimate of drug-likeness (QED) is 0.531. The lowest BCUT2D eigenvalue weighted by Crippen LogP contribution is -2.25. The largest absolute Gasteiger partial charge is 0.382 e. The maximum absolute atomic E-state index is 11.0. The minimum atomic E-state index is -0.0278. The Kier molecular flexibility index (Phi) is 5.52. The highest BCUT2D eigenvalue weighted by Crippen LogP contribution is 2.28. The summed E-state index contributed by atoms with van der Waals surface area (Å²) in [6, 6.07) is 7.84. The Morgan fingerprint density at radius 1 is 1.27 bits per heavy atom. The Bertz CT molecular complexity index is 921. The van der Waals surface area contributed by atoms with Crippen LogP contribution in [-0.2, 0) is 16.1 Å². The van der Waals surface area contributed by atoms with Gasteiger partial charge in [0, 0.05) is 32.0 Å². The third-order valence-corrected chi connectivity index (χ3v) is 4.02. The van der Waals surface area contributed by atoms with Crippen LogP contribution in [0.2, 0.25) is 0 Å². The third kappa shape index (κ3) is 3.70. The monoisotopic (exact) mass is 356 g/mol. The number of ether oxygens (including phenoxy) is 1. The average molecular weight is 356 g/mol. The highest BCUT2D eigenvalue weighted by atomic mass is 16.5. The molecular weight excluding hydrogens is 332 g/mol. The number of rotatable bonds is 8. The third-order valence-electron chi connectivity index (χ3n) is 4.02. The number of aromatic nitrogens is 3. The van der Waals surface area contributed by atoms with Crippen molar-refractivity contribution >= 4 is 33.7 Å². The molecule has 2 aromatic heterocycles. The lowest BCUT2D eigenvalue weighted by Gasteiger charge is -2.13. The van der Waals surface area contributed by atoms with Crippen LogP contribution in [0, 0.1) is 0 Å². The predicted molar refractivity (Wildman–Crippen MR) is 102 cm³/mol. The summed E-state index contributed by atoms with van der Waals surface area (Å²) in [6.45, 7) is 5.71. The van der Waals surface area contributed by atoms with Crippen molar-refractivity contribution in [1.29, 1.82) is 0 Å². The fraction of sp³-hybridized carbons (Fsp3) is 0.389. The molecule has 0 spiro atoms. The molecule has 0 aliphatic heterocycles. The summed E-state index contributed by atoms with van der Waals surface area (Å²) in [4.78, 5) is 20.1. The number of anilines is 1. The first-order valence-corrected chi connectivity index (χ1v) is 8.73. The number of pyridine rings is 1. The second-order valence-corrected chi connectivity index (χ2v) is 5.96. The highest BCUT2D eigenvalue weighted by molar-refractivity contribution is 6.06. The molecule has 0 aliphatic carbocycles. The number of carbonyl (C=O) groups is 1. The highest BCUT2D eigenvalue weighted by Gasteiger charge is 2.17. The maximum Gasteiger partial charge on any atom is 0.216 e. The average Bonchev–Trinajstić information content (AvgIpc) is 2.99. The first-order chi connectivity index (χ1) is 12.6. The molecule has 3 rings (SSSR count). The van der Waals surface area contributed by atoms with Crippen LogP contribution < -0.4 is 16.5 Å². The lowest BCUT2D eigenvalue weighted by atomic mass is 10.2. The van der Waals surface area contributed by atoms with Crippen LogP contribution in [-0.4, -0.2) is 40.2 Å². The number of nitrogens with two attached hydrogens (primary N) is 1. The molecule has 2 heterocycles. The molecule has 0 saturated carbocycles. The molecule has 0 saturated heterocycles. The van der Waals surface area contributed by atoms with E-state index >= 15 is 0 Å². The van der Waals surface area contributed by atoms with E-state index in [9.17, 15) is 4.79 Å². The summed E-state index contributed by atoms with van der Waals surface area (Å²) < 4.78 is 7.49. The molecule has 138 valence electrons. The smallest absolute Gasteiger partial charge is 0.216 e. The van der Waals surface area contributed by atoms with Gasteiger partial charge in [-0.2, -0.15) is 0 Å². The molecule has 0 radical (unpaired) electrons. The number of para-hydroxylation sites is 1. The van der Waals surface area contributed by atoms with Crippen LogP contribution in [0.25, 0.3) is 21.9 Å². The Morgan fingerprint density at radius 3 is 2.85 bits per heavy atom. The Hall–Kier alpha value is -2.87. The van der Waals surface area contributed by atoms with Crippen LogP contribution >= 0.6 is 0 Å². The van der Waals surface area contributed by atoms with Gasteiger partial charge in [-0.1, -0.05) is 18.2 Å². The summed E-state index contributed by atoms with van der Waals surface area (Å²) in [7, 11) is 0. The fourth-order valence-electron chi connectivity index (χ4n) is 2.85. The molecule has 4 N–H and O–H groups in total. The second kappa shape index (κ2) is 8.01. The van der Waals surface area contributed by atoms with E-state index in [0.717, 1.165) is 28.7 Å². The van der Waals surface area contributed by atoms with Crippen LogP contribution in [0.5, 0.6) is 0 Å². The first-order valence-electron chi connectivity index (χ1n) is 8.73. The van der Waals surface area contributed by atoms with Crippen LogP contribution in [0.15, 0.2) is 24.3 Å². The van der Waals surface area contributed by atoms with Crippen molar-refractivity contribution in [2.24, 2.45) is 0 Å². The van der Waals surface area contributed by atoms with Crippen molar-refractivity contribution in [2.45, 2.75) is 26.9 Å². The summed E-state index contributed by atoms with van der Waals surface area (Å²) in [6.07, 6.45) is 0.784.